The molecule has 27 heavy (non-hydrogen) atoms. The number of aryl methyl sites for hydroxylation is 2. The Labute approximate surface area is 160 Å². The molecule has 0 bridgehead atoms. The van der Waals surface area contributed by atoms with Crippen LogP contribution in [-0.2, 0) is 29.0 Å². The summed E-state index contributed by atoms with van der Waals surface area (Å²) in [7, 11) is 0. The Morgan fingerprint density at radius 2 is 1.85 bits per heavy atom. The predicted octanol–water partition coefficient (Wildman–Crippen LogP) is 3.72. The number of anilines is 1. The fraction of sp³-hybridized carbons (Fsp3) is 0.391. The van der Waals surface area contributed by atoms with Crippen LogP contribution < -0.4 is 5.32 Å². The molecule has 0 aromatic heterocycles. The second-order valence-corrected chi connectivity index (χ2v) is 7.68. The number of nitrogens with zero attached hydrogens (tertiary/aromatic N) is 1. The average molecular weight is 362 g/mol. The number of carbonyl (C=O) groups excluding carboxylic acids is 2. The lowest BCUT2D eigenvalue weighted by Gasteiger charge is -2.29. The standard InChI is InChI=1S/C23H26N2O2/c1-3-16-10-6-7-15(2)21(16)24-22(26)19-13-20(19)23(27)25-12-11-17-8-4-5-9-18(17)14-25/h4-10,19-20H,3,11-14H2,1-2H3,(H,24,26). The minimum Gasteiger partial charge on any atom is -0.338 e. The molecule has 0 radical (unpaired) electrons. The predicted molar refractivity (Wildman–Crippen MR) is 106 cm³/mol. The maximum Gasteiger partial charge on any atom is 0.228 e. The molecule has 1 aliphatic carbocycles. The fourth-order valence-corrected chi connectivity index (χ4v) is 4.09. The molecule has 2 unspecified atom stereocenters. The number of hydrogen-bond acceptors (Lipinski definition) is 2. The van der Waals surface area contributed by atoms with E-state index in [-0.39, 0.29) is 23.7 Å². The van der Waals surface area contributed by atoms with E-state index in [1.807, 2.05) is 42.2 Å². The van der Waals surface area contributed by atoms with Gasteiger partial charge in [-0.1, -0.05) is 49.4 Å². The summed E-state index contributed by atoms with van der Waals surface area (Å²) in [5.74, 6) is -0.247. The highest BCUT2D eigenvalue weighted by Crippen LogP contribution is 2.42. The fourth-order valence-electron chi connectivity index (χ4n) is 4.09. The molecule has 1 N–H and O–H groups in total. The lowest BCUT2D eigenvalue weighted by Crippen LogP contribution is -2.37. The first kappa shape index (κ1) is 17.8. The van der Waals surface area contributed by atoms with Gasteiger partial charge in [0.15, 0.2) is 0 Å². The van der Waals surface area contributed by atoms with Gasteiger partial charge >= 0.3 is 0 Å². The van der Waals surface area contributed by atoms with Crippen LogP contribution >= 0.6 is 0 Å². The average Bonchev–Trinajstić information content (AvgIpc) is 3.49. The number of para-hydroxylation sites is 1. The second kappa shape index (κ2) is 7.18. The molecular formula is C23H26N2O2. The maximum absolute atomic E-state index is 12.9. The minimum atomic E-state index is -0.195. The van der Waals surface area contributed by atoms with Crippen LogP contribution in [0.5, 0.6) is 0 Å². The van der Waals surface area contributed by atoms with Crippen LogP contribution in [0.1, 0.15) is 35.6 Å². The molecule has 0 saturated heterocycles. The van der Waals surface area contributed by atoms with E-state index in [9.17, 15) is 9.59 Å². The van der Waals surface area contributed by atoms with E-state index in [0.717, 1.165) is 36.2 Å². The third-order valence-electron chi connectivity index (χ3n) is 5.87. The molecule has 2 aromatic carbocycles. The molecular weight excluding hydrogens is 336 g/mol. The van der Waals surface area contributed by atoms with Crippen molar-refractivity contribution < 1.29 is 9.59 Å². The summed E-state index contributed by atoms with van der Waals surface area (Å²) in [4.78, 5) is 27.5. The summed E-state index contributed by atoms with van der Waals surface area (Å²) in [5, 5.41) is 3.09. The monoisotopic (exact) mass is 362 g/mol. The third kappa shape index (κ3) is 3.48. The van der Waals surface area contributed by atoms with E-state index < -0.39 is 0 Å². The van der Waals surface area contributed by atoms with Gasteiger partial charge in [0, 0.05) is 18.8 Å². The number of nitrogens with one attached hydrogen (secondary N) is 1. The van der Waals surface area contributed by atoms with Crippen molar-refractivity contribution in [1.82, 2.24) is 4.90 Å². The van der Waals surface area contributed by atoms with Crippen LogP contribution in [0.3, 0.4) is 0 Å². The molecule has 2 aromatic rings. The largest absolute Gasteiger partial charge is 0.338 e. The van der Waals surface area contributed by atoms with Gasteiger partial charge in [0.05, 0.1) is 11.8 Å². The Bertz CT molecular complexity index is 890. The van der Waals surface area contributed by atoms with E-state index in [4.69, 9.17) is 0 Å². The Morgan fingerprint density at radius 1 is 1.07 bits per heavy atom. The van der Waals surface area contributed by atoms with Crippen molar-refractivity contribution in [3.63, 3.8) is 0 Å². The van der Waals surface area contributed by atoms with Crippen molar-refractivity contribution in [1.29, 1.82) is 0 Å². The van der Waals surface area contributed by atoms with Crippen molar-refractivity contribution in [2.75, 3.05) is 11.9 Å². The van der Waals surface area contributed by atoms with Crippen molar-refractivity contribution in [3.8, 4) is 0 Å². The topological polar surface area (TPSA) is 49.4 Å². The van der Waals surface area contributed by atoms with Gasteiger partial charge in [-0.05, 0) is 48.4 Å². The summed E-state index contributed by atoms with van der Waals surface area (Å²) in [6, 6.07) is 14.4. The molecule has 0 spiro atoms. The van der Waals surface area contributed by atoms with Crippen molar-refractivity contribution in [3.05, 3.63) is 64.7 Å². The highest BCUT2D eigenvalue weighted by molar-refractivity contribution is 6.00. The molecule has 4 heteroatoms. The summed E-state index contributed by atoms with van der Waals surface area (Å²) < 4.78 is 0. The lowest BCUT2D eigenvalue weighted by molar-refractivity contribution is -0.135. The molecule has 2 atom stereocenters. The van der Waals surface area contributed by atoms with Crippen LogP contribution in [0, 0.1) is 18.8 Å². The summed E-state index contributed by atoms with van der Waals surface area (Å²) in [5.41, 5.74) is 5.68. The van der Waals surface area contributed by atoms with Crippen LogP contribution in [-0.4, -0.2) is 23.3 Å². The smallest absolute Gasteiger partial charge is 0.228 e. The maximum atomic E-state index is 12.9. The first-order valence-electron chi connectivity index (χ1n) is 9.83. The number of hydrogen-bond donors (Lipinski definition) is 1. The Balaban J connectivity index is 1.40. The summed E-state index contributed by atoms with van der Waals surface area (Å²) in [6.45, 7) is 5.51. The molecule has 1 saturated carbocycles. The normalized spacial score (nSPS) is 20.7. The van der Waals surface area contributed by atoms with Crippen molar-refractivity contribution in [2.45, 2.75) is 39.7 Å². The highest BCUT2D eigenvalue weighted by atomic mass is 16.2. The summed E-state index contributed by atoms with van der Waals surface area (Å²) >= 11 is 0. The number of benzene rings is 2. The zero-order valence-electron chi connectivity index (χ0n) is 16.0. The van der Waals surface area contributed by atoms with Crippen LogP contribution in [0.4, 0.5) is 5.69 Å². The van der Waals surface area contributed by atoms with Gasteiger partial charge in [0.1, 0.15) is 0 Å². The number of rotatable bonds is 4. The quantitative estimate of drug-likeness (QED) is 0.901. The SMILES string of the molecule is CCc1cccc(C)c1NC(=O)C1CC1C(=O)N1CCc2ccccc2C1. The van der Waals surface area contributed by atoms with Gasteiger partial charge in [-0.2, -0.15) is 0 Å². The Hall–Kier alpha value is -2.62. The summed E-state index contributed by atoms with van der Waals surface area (Å²) in [6.07, 6.45) is 2.43. The number of fused-ring (bicyclic) bond motifs is 1. The van der Waals surface area contributed by atoms with Crippen molar-refractivity contribution in [2.24, 2.45) is 11.8 Å². The van der Waals surface area contributed by atoms with Gasteiger partial charge in [-0.3, -0.25) is 9.59 Å². The molecule has 1 heterocycles. The molecule has 2 aliphatic rings. The lowest BCUT2D eigenvalue weighted by atomic mass is 9.99. The first-order chi connectivity index (χ1) is 13.1. The van der Waals surface area contributed by atoms with Gasteiger partial charge < -0.3 is 10.2 Å². The molecule has 2 amide bonds. The molecule has 4 nitrogen and oxygen atoms in total. The Morgan fingerprint density at radius 3 is 2.63 bits per heavy atom. The second-order valence-electron chi connectivity index (χ2n) is 7.68. The highest BCUT2D eigenvalue weighted by Gasteiger charge is 2.49. The van der Waals surface area contributed by atoms with E-state index >= 15 is 0 Å². The van der Waals surface area contributed by atoms with E-state index in [2.05, 4.69) is 24.4 Å². The minimum absolute atomic E-state index is 0.0187. The first-order valence-corrected chi connectivity index (χ1v) is 9.83. The van der Waals surface area contributed by atoms with Gasteiger partial charge in [-0.15, -0.1) is 0 Å². The molecule has 4 rings (SSSR count). The molecule has 1 aliphatic heterocycles. The zero-order chi connectivity index (χ0) is 19.0. The zero-order valence-corrected chi connectivity index (χ0v) is 16.0. The van der Waals surface area contributed by atoms with E-state index in [1.54, 1.807) is 0 Å². The molecule has 1 fully saturated rings. The van der Waals surface area contributed by atoms with Crippen LogP contribution in [0.25, 0.3) is 0 Å². The van der Waals surface area contributed by atoms with Crippen LogP contribution in [0.15, 0.2) is 42.5 Å². The van der Waals surface area contributed by atoms with Crippen molar-refractivity contribution >= 4 is 17.5 Å². The Kier molecular flexibility index (Phi) is 4.73. The van der Waals surface area contributed by atoms with Crippen LogP contribution in [0.2, 0.25) is 0 Å². The molecule has 140 valence electrons. The third-order valence-corrected chi connectivity index (χ3v) is 5.87. The number of carbonyl (C=O) groups is 2. The number of amides is 2. The van der Waals surface area contributed by atoms with Gasteiger partial charge in [0.25, 0.3) is 0 Å². The van der Waals surface area contributed by atoms with Gasteiger partial charge in [0.2, 0.25) is 11.8 Å². The van der Waals surface area contributed by atoms with Gasteiger partial charge in [-0.25, -0.2) is 0 Å². The van der Waals surface area contributed by atoms with E-state index in [0.29, 0.717) is 13.0 Å². The van der Waals surface area contributed by atoms with E-state index in [1.165, 1.54) is 11.1 Å².